The molecule has 1 aromatic carbocycles. The largest absolute Gasteiger partial charge is 0.491 e. The number of hydrogen-bond acceptors (Lipinski definition) is 5. The first-order valence-electron chi connectivity index (χ1n) is 6.94. The molecule has 0 aliphatic carbocycles. The summed E-state index contributed by atoms with van der Waals surface area (Å²) in [4.78, 5) is 2.03. The number of anilines is 1. The summed E-state index contributed by atoms with van der Waals surface area (Å²) in [6, 6.07) is 7.14. The maximum atomic E-state index is 9.91. The zero-order chi connectivity index (χ0) is 15.0. The SMILES string of the molecule is CC(C)OCCN(C)CC(O)COc1ccc(N)cc1. The van der Waals surface area contributed by atoms with E-state index in [-0.39, 0.29) is 12.7 Å². The highest BCUT2D eigenvalue weighted by molar-refractivity contribution is 5.41. The summed E-state index contributed by atoms with van der Waals surface area (Å²) in [5, 5.41) is 9.91. The van der Waals surface area contributed by atoms with E-state index in [1.165, 1.54) is 0 Å². The first-order chi connectivity index (χ1) is 9.47. The van der Waals surface area contributed by atoms with Crippen LogP contribution in [0.3, 0.4) is 0 Å². The van der Waals surface area contributed by atoms with Crippen molar-refractivity contribution >= 4 is 5.69 Å². The molecule has 0 radical (unpaired) electrons. The molecule has 0 fully saturated rings. The Morgan fingerprint density at radius 2 is 1.90 bits per heavy atom. The molecular formula is C15H26N2O3. The third-order valence-electron chi connectivity index (χ3n) is 2.77. The highest BCUT2D eigenvalue weighted by Crippen LogP contribution is 2.13. The van der Waals surface area contributed by atoms with Crippen LogP contribution < -0.4 is 10.5 Å². The van der Waals surface area contributed by atoms with Gasteiger partial charge >= 0.3 is 0 Å². The van der Waals surface area contributed by atoms with E-state index >= 15 is 0 Å². The fourth-order valence-corrected chi connectivity index (χ4v) is 1.70. The smallest absolute Gasteiger partial charge is 0.119 e. The van der Waals surface area contributed by atoms with Gasteiger partial charge < -0.3 is 25.2 Å². The minimum atomic E-state index is -0.531. The lowest BCUT2D eigenvalue weighted by Crippen LogP contribution is -2.35. The predicted molar refractivity (Wildman–Crippen MR) is 80.9 cm³/mol. The molecule has 1 atom stereocenters. The van der Waals surface area contributed by atoms with Gasteiger partial charge in [-0.2, -0.15) is 0 Å². The lowest BCUT2D eigenvalue weighted by molar-refractivity contribution is 0.0414. The first kappa shape index (κ1) is 16.8. The third-order valence-corrected chi connectivity index (χ3v) is 2.77. The molecule has 0 aliphatic rings. The van der Waals surface area contributed by atoms with E-state index < -0.39 is 6.10 Å². The Morgan fingerprint density at radius 1 is 1.25 bits per heavy atom. The first-order valence-corrected chi connectivity index (χ1v) is 6.94. The number of aliphatic hydroxyl groups excluding tert-OH is 1. The van der Waals surface area contributed by atoms with Crippen LogP contribution in [0.2, 0.25) is 0 Å². The molecule has 1 unspecified atom stereocenters. The van der Waals surface area contributed by atoms with E-state index in [4.69, 9.17) is 15.2 Å². The van der Waals surface area contributed by atoms with E-state index in [2.05, 4.69) is 0 Å². The molecule has 114 valence electrons. The van der Waals surface area contributed by atoms with Gasteiger partial charge in [0.25, 0.3) is 0 Å². The minimum Gasteiger partial charge on any atom is -0.491 e. The summed E-state index contributed by atoms with van der Waals surface area (Å²) in [7, 11) is 1.95. The van der Waals surface area contributed by atoms with Crippen LogP contribution in [-0.2, 0) is 4.74 Å². The average Bonchev–Trinajstić information content (AvgIpc) is 2.37. The molecule has 5 heteroatoms. The summed E-state index contributed by atoms with van der Waals surface area (Å²) in [6.07, 6.45) is -0.293. The Morgan fingerprint density at radius 3 is 2.50 bits per heavy atom. The molecule has 0 aliphatic heterocycles. The highest BCUT2D eigenvalue weighted by Gasteiger charge is 2.09. The summed E-state index contributed by atoms with van der Waals surface area (Å²) in [6.45, 7) is 6.29. The Hall–Kier alpha value is -1.30. The van der Waals surface area contributed by atoms with E-state index in [0.29, 0.717) is 24.6 Å². The van der Waals surface area contributed by atoms with Crippen LogP contribution in [0.4, 0.5) is 5.69 Å². The van der Waals surface area contributed by atoms with Gasteiger partial charge in [-0.25, -0.2) is 0 Å². The number of rotatable bonds is 9. The molecule has 0 heterocycles. The maximum Gasteiger partial charge on any atom is 0.119 e. The number of nitrogen functional groups attached to an aromatic ring is 1. The molecule has 0 amide bonds. The van der Waals surface area contributed by atoms with Gasteiger partial charge in [-0.15, -0.1) is 0 Å². The number of likely N-dealkylation sites (N-methyl/N-ethyl adjacent to an activating group) is 1. The molecule has 0 bridgehead atoms. The van der Waals surface area contributed by atoms with Crippen LogP contribution in [0.25, 0.3) is 0 Å². The van der Waals surface area contributed by atoms with E-state index in [1.807, 2.05) is 25.8 Å². The zero-order valence-electron chi connectivity index (χ0n) is 12.6. The summed E-state index contributed by atoms with van der Waals surface area (Å²) >= 11 is 0. The van der Waals surface area contributed by atoms with Crippen LogP contribution in [0.15, 0.2) is 24.3 Å². The Bertz CT molecular complexity index is 368. The van der Waals surface area contributed by atoms with Crippen LogP contribution in [-0.4, -0.2) is 55.6 Å². The van der Waals surface area contributed by atoms with Crippen molar-refractivity contribution in [3.05, 3.63) is 24.3 Å². The number of benzene rings is 1. The lowest BCUT2D eigenvalue weighted by Gasteiger charge is -2.21. The zero-order valence-corrected chi connectivity index (χ0v) is 12.6. The number of aliphatic hydroxyl groups is 1. The lowest BCUT2D eigenvalue weighted by atomic mass is 10.3. The quantitative estimate of drug-likeness (QED) is 0.670. The van der Waals surface area contributed by atoms with Gasteiger partial charge in [-0.3, -0.25) is 0 Å². The molecule has 1 aromatic rings. The van der Waals surface area contributed by atoms with Crippen molar-refractivity contribution in [3.8, 4) is 5.75 Å². The van der Waals surface area contributed by atoms with Gasteiger partial charge in [0, 0.05) is 18.8 Å². The minimum absolute atomic E-state index is 0.238. The second kappa shape index (κ2) is 8.79. The third kappa shape index (κ3) is 7.33. The van der Waals surface area contributed by atoms with Crippen molar-refractivity contribution in [2.45, 2.75) is 26.1 Å². The predicted octanol–water partition coefficient (Wildman–Crippen LogP) is 1.37. The van der Waals surface area contributed by atoms with Crippen LogP contribution in [0.1, 0.15) is 13.8 Å². The molecule has 20 heavy (non-hydrogen) atoms. The van der Waals surface area contributed by atoms with Crippen LogP contribution in [0.5, 0.6) is 5.75 Å². The number of nitrogens with two attached hydrogens (primary N) is 1. The average molecular weight is 282 g/mol. The Labute approximate surface area is 121 Å². The monoisotopic (exact) mass is 282 g/mol. The van der Waals surface area contributed by atoms with Crippen LogP contribution >= 0.6 is 0 Å². The van der Waals surface area contributed by atoms with Gasteiger partial charge in [0.1, 0.15) is 18.5 Å². The molecule has 0 spiro atoms. The number of hydrogen-bond donors (Lipinski definition) is 2. The summed E-state index contributed by atoms with van der Waals surface area (Å²) < 4.78 is 11.0. The topological polar surface area (TPSA) is 68.0 Å². The van der Waals surface area contributed by atoms with Crippen molar-refractivity contribution in [3.63, 3.8) is 0 Å². The van der Waals surface area contributed by atoms with Crippen LogP contribution in [0, 0.1) is 0 Å². The Kier molecular flexibility index (Phi) is 7.36. The standard InChI is InChI=1S/C15H26N2O3/c1-12(2)19-9-8-17(3)10-14(18)11-20-15-6-4-13(16)5-7-15/h4-7,12,14,18H,8-11,16H2,1-3H3. The molecule has 0 saturated heterocycles. The van der Waals surface area contributed by atoms with E-state index in [1.54, 1.807) is 24.3 Å². The highest BCUT2D eigenvalue weighted by atomic mass is 16.5. The summed E-state index contributed by atoms with van der Waals surface area (Å²) in [5.74, 6) is 0.712. The molecule has 5 nitrogen and oxygen atoms in total. The fraction of sp³-hybridized carbons (Fsp3) is 0.600. The van der Waals surface area contributed by atoms with Crippen molar-refractivity contribution < 1.29 is 14.6 Å². The van der Waals surface area contributed by atoms with Crippen molar-refractivity contribution in [2.75, 3.05) is 39.1 Å². The second-order valence-corrected chi connectivity index (χ2v) is 5.22. The molecule has 0 saturated carbocycles. The molecule has 1 rings (SSSR count). The van der Waals surface area contributed by atoms with Gasteiger partial charge in [0.2, 0.25) is 0 Å². The second-order valence-electron chi connectivity index (χ2n) is 5.22. The number of ether oxygens (including phenoxy) is 2. The number of nitrogens with zero attached hydrogens (tertiary/aromatic N) is 1. The van der Waals surface area contributed by atoms with Gasteiger partial charge in [-0.1, -0.05) is 0 Å². The van der Waals surface area contributed by atoms with Gasteiger partial charge in [-0.05, 0) is 45.2 Å². The van der Waals surface area contributed by atoms with E-state index in [9.17, 15) is 5.11 Å². The summed E-state index contributed by atoms with van der Waals surface area (Å²) in [5.41, 5.74) is 6.29. The van der Waals surface area contributed by atoms with Crippen molar-refractivity contribution in [1.82, 2.24) is 4.90 Å². The fourth-order valence-electron chi connectivity index (χ4n) is 1.70. The van der Waals surface area contributed by atoms with E-state index in [0.717, 1.165) is 6.54 Å². The normalized spacial score (nSPS) is 12.9. The van der Waals surface area contributed by atoms with Crippen molar-refractivity contribution in [2.24, 2.45) is 0 Å². The molecular weight excluding hydrogens is 256 g/mol. The molecule has 3 N–H and O–H groups in total. The van der Waals surface area contributed by atoms with Gasteiger partial charge in [0.05, 0.1) is 12.7 Å². The Balaban J connectivity index is 2.19. The maximum absolute atomic E-state index is 9.91. The van der Waals surface area contributed by atoms with Gasteiger partial charge in [0.15, 0.2) is 0 Å². The molecule has 0 aromatic heterocycles. The van der Waals surface area contributed by atoms with Crippen molar-refractivity contribution in [1.29, 1.82) is 0 Å².